The van der Waals surface area contributed by atoms with Crippen molar-refractivity contribution in [1.82, 2.24) is 14.0 Å². The predicted octanol–water partition coefficient (Wildman–Crippen LogP) is 4.46. The largest absolute Gasteiger partial charge is 0.300 e. The summed E-state index contributed by atoms with van der Waals surface area (Å²) in [7, 11) is 0. The lowest BCUT2D eigenvalue weighted by Gasteiger charge is -2.12. The lowest BCUT2D eigenvalue weighted by Crippen LogP contribution is -2.00. The van der Waals surface area contributed by atoms with Crippen LogP contribution in [0.4, 0.5) is 0 Å². The van der Waals surface area contributed by atoms with Crippen LogP contribution < -0.4 is 0 Å². The first-order chi connectivity index (χ1) is 10.7. The quantitative estimate of drug-likeness (QED) is 0.534. The van der Waals surface area contributed by atoms with Gasteiger partial charge in [0.2, 0.25) is 0 Å². The fourth-order valence-corrected chi connectivity index (χ4v) is 3.32. The van der Waals surface area contributed by atoms with E-state index in [0.29, 0.717) is 0 Å². The van der Waals surface area contributed by atoms with Crippen molar-refractivity contribution >= 4 is 16.8 Å². The predicted molar refractivity (Wildman–Crippen MR) is 90.9 cm³/mol. The first-order valence-corrected chi connectivity index (χ1v) is 7.74. The molecule has 3 nitrogen and oxygen atoms in total. The standard InChI is InChI=1S/C19H19N3/c1-4-15-12-22(18-13(2)8-7-9-14(18)3)19-17(15)20-16-10-5-6-11-21(16)19/h5-12H,4H2,1-3H3. The summed E-state index contributed by atoms with van der Waals surface area (Å²) in [6.45, 7) is 6.53. The first kappa shape index (κ1) is 13.1. The van der Waals surface area contributed by atoms with Gasteiger partial charge in [0.25, 0.3) is 0 Å². The summed E-state index contributed by atoms with van der Waals surface area (Å²) in [5.41, 5.74) is 8.39. The highest BCUT2D eigenvalue weighted by Gasteiger charge is 2.17. The zero-order valence-electron chi connectivity index (χ0n) is 13.2. The molecule has 1 aromatic carbocycles. The summed E-state index contributed by atoms with van der Waals surface area (Å²) in [5.74, 6) is 0. The molecule has 110 valence electrons. The van der Waals surface area contributed by atoms with Gasteiger partial charge in [0.15, 0.2) is 0 Å². The number of imidazole rings is 1. The van der Waals surface area contributed by atoms with E-state index in [2.05, 4.69) is 72.5 Å². The Morgan fingerprint density at radius 1 is 1.00 bits per heavy atom. The van der Waals surface area contributed by atoms with Gasteiger partial charge in [-0.15, -0.1) is 0 Å². The molecule has 0 spiro atoms. The van der Waals surface area contributed by atoms with Crippen LogP contribution in [0, 0.1) is 13.8 Å². The van der Waals surface area contributed by atoms with Gasteiger partial charge in [0, 0.05) is 12.4 Å². The number of aromatic nitrogens is 3. The third-order valence-corrected chi connectivity index (χ3v) is 4.38. The van der Waals surface area contributed by atoms with Crippen LogP contribution in [-0.4, -0.2) is 14.0 Å². The van der Waals surface area contributed by atoms with E-state index in [1.54, 1.807) is 0 Å². The molecule has 3 aromatic heterocycles. The van der Waals surface area contributed by atoms with Crippen molar-refractivity contribution in [2.75, 3.05) is 0 Å². The third kappa shape index (κ3) is 1.72. The van der Waals surface area contributed by atoms with E-state index in [1.165, 1.54) is 22.4 Å². The molecule has 0 aliphatic heterocycles. The van der Waals surface area contributed by atoms with Crippen molar-refractivity contribution in [2.24, 2.45) is 0 Å². The highest BCUT2D eigenvalue weighted by molar-refractivity contribution is 5.84. The molecule has 0 radical (unpaired) electrons. The van der Waals surface area contributed by atoms with Crippen molar-refractivity contribution in [1.29, 1.82) is 0 Å². The number of fused-ring (bicyclic) bond motifs is 3. The summed E-state index contributed by atoms with van der Waals surface area (Å²) in [6, 6.07) is 12.6. The number of para-hydroxylation sites is 1. The van der Waals surface area contributed by atoms with Crippen molar-refractivity contribution < 1.29 is 0 Å². The average Bonchev–Trinajstić information content (AvgIpc) is 3.04. The van der Waals surface area contributed by atoms with Gasteiger partial charge in [-0.3, -0.25) is 4.40 Å². The Labute approximate surface area is 129 Å². The number of hydrogen-bond acceptors (Lipinski definition) is 1. The third-order valence-electron chi connectivity index (χ3n) is 4.38. The minimum Gasteiger partial charge on any atom is -0.300 e. The van der Waals surface area contributed by atoms with Gasteiger partial charge >= 0.3 is 0 Å². The zero-order chi connectivity index (χ0) is 15.3. The van der Waals surface area contributed by atoms with E-state index in [-0.39, 0.29) is 0 Å². The molecule has 3 heterocycles. The highest BCUT2D eigenvalue weighted by atomic mass is 15.1. The smallest absolute Gasteiger partial charge is 0.149 e. The fourth-order valence-electron chi connectivity index (χ4n) is 3.32. The second-order valence-corrected chi connectivity index (χ2v) is 5.83. The number of nitrogens with zero attached hydrogens (tertiary/aromatic N) is 3. The van der Waals surface area contributed by atoms with Crippen molar-refractivity contribution in [3.63, 3.8) is 0 Å². The van der Waals surface area contributed by atoms with Gasteiger partial charge < -0.3 is 4.57 Å². The molecule has 0 saturated carbocycles. The summed E-state index contributed by atoms with van der Waals surface area (Å²) in [6.07, 6.45) is 5.32. The molecule has 0 fully saturated rings. The molecule has 4 aromatic rings. The van der Waals surface area contributed by atoms with Gasteiger partial charge in [-0.1, -0.05) is 31.2 Å². The summed E-state index contributed by atoms with van der Waals surface area (Å²) >= 11 is 0. The lowest BCUT2D eigenvalue weighted by atomic mass is 10.1. The van der Waals surface area contributed by atoms with E-state index in [1.807, 2.05) is 6.07 Å². The summed E-state index contributed by atoms with van der Waals surface area (Å²) in [5, 5.41) is 0. The maximum Gasteiger partial charge on any atom is 0.149 e. The molecular weight excluding hydrogens is 270 g/mol. The van der Waals surface area contributed by atoms with E-state index in [9.17, 15) is 0 Å². The van der Waals surface area contributed by atoms with E-state index in [0.717, 1.165) is 23.2 Å². The maximum absolute atomic E-state index is 4.83. The van der Waals surface area contributed by atoms with Crippen molar-refractivity contribution in [2.45, 2.75) is 27.2 Å². The highest BCUT2D eigenvalue weighted by Crippen LogP contribution is 2.29. The SMILES string of the molecule is CCc1cn(-c2c(C)cccc2C)c2c1nc1ccccn12. The molecule has 0 N–H and O–H groups in total. The van der Waals surface area contributed by atoms with Gasteiger partial charge in [-0.2, -0.15) is 0 Å². The van der Waals surface area contributed by atoms with E-state index < -0.39 is 0 Å². The van der Waals surface area contributed by atoms with Crippen LogP contribution in [0.15, 0.2) is 48.8 Å². The molecule has 4 rings (SSSR count). The second-order valence-electron chi connectivity index (χ2n) is 5.83. The van der Waals surface area contributed by atoms with Crippen LogP contribution in [0.2, 0.25) is 0 Å². The Kier molecular flexibility index (Phi) is 2.83. The number of benzene rings is 1. The van der Waals surface area contributed by atoms with Crippen LogP contribution in [0.5, 0.6) is 0 Å². The molecular formula is C19H19N3. The normalized spacial score (nSPS) is 11.6. The molecule has 0 bridgehead atoms. The molecule has 0 atom stereocenters. The van der Waals surface area contributed by atoms with Crippen LogP contribution in [0.25, 0.3) is 22.5 Å². The average molecular weight is 289 g/mol. The summed E-state index contributed by atoms with van der Waals surface area (Å²) < 4.78 is 4.49. The molecule has 0 amide bonds. The monoisotopic (exact) mass is 289 g/mol. The summed E-state index contributed by atoms with van der Waals surface area (Å²) in [4.78, 5) is 4.83. The Morgan fingerprint density at radius 2 is 1.77 bits per heavy atom. The number of hydrogen-bond donors (Lipinski definition) is 0. The number of aryl methyl sites for hydroxylation is 3. The number of pyridine rings is 1. The lowest BCUT2D eigenvalue weighted by molar-refractivity contribution is 1.01. The Balaban J connectivity index is 2.18. The van der Waals surface area contributed by atoms with Crippen molar-refractivity contribution in [3.8, 4) is 5.69 Å². The molecule has 0 saturated heterocycles. The zero-order valence-corrected chi connectivity index (χ0v) is 13.2. The van der Waals surface area contributed by atoms with Gasteiger partial charge in [-0.05, 0) is 49.1 Å². The van der Waals surface area contributed by atoms with Crippen LogP contribution in [0.3, 0.4) is 0 Å². The fraction of sp³-hybridized carbons (Fsp3) is 0.211. The van der Waals surface area contributed by atoms with Crippen molar-refractivity contribution in [3.05, 3.63) is 65.5 Å². The Morgan fingerprint density at radius 3 is 2.50 bits per heavy atom. The minimum absolute atomic E-state index is 0.984. The maximum atomic E-state index is 4.83. The molecule has 0 aliphatic carbocycles. The van der Waals surface area contributed by atoms with Crippen LogP contribution in [-0.2, 0) is 6.42 Å². The van der Waals surface area contributed by atoms with E-state index >= 15 is 0 Å². The van der Waals surface area contributed by atoms with E-state index in [4.69, 9.17) is 4.98 Å². The topological polar surface area (TPSA) is 22.2 Å². The Bertz CT molecular complexity index is 968. The first-order valence-electron chi connectivity index (χ1n) is 7.74. The molecule has 0 aliphatic rings. The van der Waals surface area contributed by atoms with Gasteiger partial charge in [0.1, 0.15) is 16.8 Å². The minimum atomic E-state index is 0.984. The molecule has 3 heteroatoms. The number of rotatable bonds is 2. The van der Waals surface area contributed by atoms with Gasteiger partial charge in [-0.25, -0.2) is 4.98 Å². The Hall–Kier alpha value is -2.55. The second kappa shape index (κ2) is 4.73. The molecule has 0 unspecified atom stereocenters. The van der Waals surface area contributed by atoms with Gasteiger partial charge in [0.05, 0.1) is 5.69 Å². The van der Waals surface area contributed by atoms with Crippen LogP contribution in [0.1, 0.15) is 23.6 Å². The van der Waals surface area contributed by atoms with Crippen LogP contribution >= 0.6 is 0 Å². The molecule has 22 heavy (non-hydrogen) atoms.